The van der Waals surface area contributed by atoms with Gasteiger partial charge in [0.1, 0.15) is 5.82 Å². The van der Waals surface area contributed by atoms with Crippen molar-refractivity contribution < 1.29 is 18.3 Å². The lowest BCUT2D eigenvalue weighted by Crippen LogP contribution is -2.59. The molecule has 0 aliphatic heterocycles. The lowest BCUT2D eigenvalue weighted by atomic mass is 9.52. The summed E-state index contributed by atoms with van der Waals surface area (Å²) in [6.07, 6.45) is 0.152. The number of anilines is 1. The third-order valence-corrected chi connectivity index (χ3v) is 7.62. The highest BCUT2D eigenvalue weighted by atomic mass is 19.4. The minimum absolute atomic E-state index is 0.0202. The summed E-state index contributed by atoms with van der Waals surface area (Å²) < 4.78 is 41.0. The summed E-state index contributed by atoms with van der Waals surface area (Å²) in [5, 5.41) is 15.3. The summed E-state index contributed by atoms with van der Waals surface area (Å²) in [5.41, 5.74) is -0.690. The monoisotopic (exact) mass is 439 g/mol. The molecule has 7 rings (SSSR count). The zero-order valence-corrected chi connectivity index (χ0v) is 17.4. The zero-order valence-electron chi connectivity index (χ0n) is 17.4. The lowest BCUT2D eigenvalue weighted by Gasteiger charge is -2.58. The molecule has 0 radical (unpaired) electrons. The van der Waals surface area contributed by atoms with E-state index in [0.29, 0.717) is 29.1 Å². The third kappa shape index (κ3) is 3.25. The first-order valence-corrected chi connectivity index (χ1v) is 11.2. The average Bonchev–Trinajstić information content (AvgIpc) is 2.74. The van der Waals surface area contributed by atoms with E-state index < -0.39 is 17.3 Å². The van der Waals surface area contributed by atoms with Crippen LogP contribution in [0.15, 0.2) is 48.5 Å². The third-order valence-electron chi connectivity index (χ3n) is 7.62. The molecule has 4 fully saturated rings. The molecule has 166 valence electrons. The van der Waals surface area contributed by atoms with Crippen molar-refractivity contribution in [2.75, 3.05) is 5.32 Å². The van der Waals surface area contributed by atoms with E-state index >= 15 is 0 Å². The van der Waals surface area contributed by atoms with Crippen molar-refractivity contribution >= 4 is 16.7 Å². The van der Waals surface area contributed by atoms with Crippen LogP contribution in [0, 0.1) is 17.8 Å². The molecular weight excluding hydrogens is 415 g/mol. The molecule has 4 bridgehead atoms. The van der Waals surface area contributed by atoms with E-state index in [1.165, 1.54) is 12.1 Å². The first-order valence-electron chi connectivity index (χ1n) is 11.2. The minimum atomic E-state index is -4.49. The second-order valence-electron chi connectivity index (χ2n) is 9.82. The van der Waals surface area contributed by atoms with Gasteiger partial charge in [-0.2, -0.15) is 13.2 Å². The molecule has 4 nitrogen and oxygen atoms in total. The Morgan fingerprint density at radius 1 is 0.906 bits per heavy atom. The van der Waals surface area contributed by atoms with Crippen molar-refractivity contribution in [1.82, 2.24) is 9.97 Å². The van der Waals surface area contributed by atoms with Gasteiger partial charge >= 0.3 is 6.18 Å². The Morgan fingerprint density at radius 3 is 2.31 bits per heavy atom. The van der Waals surface area contributed by atoms with Crippen LogP contribution in [0.25, 0.3) is 22.3 Å². The SMILES string of the molecule is OC12CC3CC(C1)C(Nc1nc(-c4ccccc4C(F)(F)F)nc4ccccc14)C(C3)C2. The Hall–Kier alpha value is -2.67. The Bertz CT molecular complexity index is 1180. The Kier molecular flexibility index (Phi) is 4.31. The van der Waals surface area contributed by atoms with Crippen molar-refractivity contribution in [3.8, 4) is 11.4 Å². The molecule has 32 heavy (non-hydrogen) atoms. The van der Waals surface area contributed by atoms with Gasteiger partial charge in [0, 0.05) is 17.0 Å². The molecular formula is C25H24F3N3O. The summed E-state index contributed by atoms with van der Waals surface area (Å²) in [6.45, 7) is 0. The average molecular weight is 439 g/mol. The van der Waals surface area contributed by atoms with Gasteiger partial charge in [0.25, 0.3) is 0 Å². The molecule has 2 aromatic carbocycles. The molecule has 0 saturated heterocycles. The lowest BCUT2D eigenvalue weighted by molar-refractivity contribution is -0.137. The Labute approximate surface area is 183 Å². The van der Waals surface area contributed by atoms with Gasteiger partial charge in [-0.05, 0) is 68.1 Å². The quantitative estimate of drug-likeness (QED) is 0.552. The van der Waals surface area contributed by atoms with Crippen LogP contribution in [0.3, 0.4) is 0 Å². The fourth-order valence-corrected chi connectivity index (χ4v) is 6.61. The van der Waals surface area contributed by atoms with Crippen LogP contribution in [0.5, 0.6) is 0 Å². The number of halogens is 3. The molecule has 2 N–H and O–H groups in total. The maximum absolute atomic E-state index is 13.7. The predicted octanol–water partition coefficient (Wildman–Crippen LogP) is 5.67. The molecule has 1 aromatic heterocycles. The molecule has 0 amide bonds. The smallest absolute Gasteiger partial charge is 0.390 e. The van der Waals surface area contributed by atoms with E-state index in [1.807, 2.05) is 24.3 Å². The first-order chi connectivity index (χ1) is 15.3. The number of nitrogens with zero attached hydrogens (tertiary/aromatic N) is 2. The van der Waals surface area contributed by atoms with Crippen LogP contribution in [-0.4, -0.2) is 26.7 Å². The van der Waals surface area contributed by atoms with Crippen molar-refractivity contribution in [1.29, 1.82) is 0 Å². The number of nitrogens with one attached hydrogen (secondary N) is 1. The van der Waals surface area contributed by atoms with Gasteiger partial charge < -0.3 is 10.4 Å². The van der Waals surface area contributed by atoms with Crippen molar-refractivity contribution in [2.45, 2.75) is 49.9 Å². The van der Waals surface area contributed by atoms with Gasteiger partial charge in [-0.15, -0.1) is 0 Å². The maximum atomic E-state index is 13.7. The number of fused-ring (bicyclic) bond motifs is 1. The van der Waals surface area contributed by atoms with Crippen LogP contribution < -0.4 is 5.32 Å². The summed E-state index contributed by atoms with van der Waals surface area (Å²) in [6, 6.07) is 13.0. The first kappa shape index (κ1) is 20.0. The maximum Gasteiger partial charge on any atom is 0.417 e. The van der Waals surface area contributed by atoms with Crippen LogP contribution in [-0.2, 0) is 6.18 Å². The number of hydrogen-bond donors (Lipinski definition) is 2. The molecule has 4 aliphatic rings. The van der Waals surface area contributed by atoms with E-state index in [2.05, 4.69) is 15.3 Å². The number of aliphatic hydroxyl groups is 1. The standard InChI is InChI=1S/C25H24F3N3O/c26-25(27,28)19-7-3-1-5-17(19)22-29-20-8-4-2-6-18(20)23(31-22)30-21-15-9-14-10-16(21)13-24(32,11-14)12-15/h1-8,14-16,21,32H,9-13H2,(H,29,30,31). The van der Waals surface area contributed by atoms with Gasteiger partial charge in [0.2, 0.25) is 0 Å². The van der Waals surface area contributed by atoms with E-state index in [9.17, 15) is 18.3 Å². The minimum Gasteiger partial charge on any atom is -0.390 e. The molecule has 2 atom stereocenters. The Balaban J connectivity index is 1.43. The highest BCUT2D eigenvalue weighted by Gasteiger charge is 2.54. The fraction of sp³-hybridized carbons (Fsp3) is 0.440. The molecule has 4 aliphatic carbocycles. The number of hydrogen-bond acceptors (Lipinski definition) is 4. The van der Waals surface area contributed by atoms with Crippen LogP contribution in [0.1, 0.15) is 37.7 Å². The van der Waals surface area contributed by atoms with E-state index in [-0.39, 0.29) is 17.4 Å². The highest BCUT2D eigenvalue weighted by Crippen LogP contribution is 2.56. The van der Waals surface area contributed by atoms with Gasteiger partial charge in [-0.1, -0.05) is 30.3 Å². The van der Waals surface area contributed by atoms with E-state index in [4.69, 9.17) is 0 Å². The molecule has 3 aromatic rings. The highest BCUT2D eigenvalue weighted by molar-refractivity contribution is 5.91. The van der Waals surface area contributed by atoms with E-state index in [1.54, 1.807) is 6.07 Å². The van der Waals surface area contributed by atoms with Gasteiger partial charge in [0.15, 0.2) is 5.82 Å². The van der Waals surface area contributed by atoms with Crippen molar-refractivity contribution in [3.05, 3.63) is 54.1 Å². The molecule has 1 heterocycles. The summed E-state index contributed by atoms with van der Waals surface area (Å²) in [5.74, 6) is 1.93. The van der Waals surface area contributed by atoms with Crippen LogP contribution in [0.4, 0.5) is 19.0 Å². The molecule has 4 saturated carbocycles. The summed E-state index contributed by atoms with van der Waals surface area (Å²) in [7, 11) is 0. The normalized spacial score (nSPS) is 31.2. The number of alkyl halides is 3. The number of para-hydroxylation sites is 1. The van der Waals surface area contributed by atoms with Crippen LogP contribution in [0.2, 0.25) is 0 Å². The van der Waals surface area contributed by atoms with Gasteiger partial charge in [-0.3, -0.25) is 0 Å². The fourth-order valence-electron chi connectivity index (χ4n) is 6.61. The zero-order chi connectivity index (χ0) is 22.1. The Morgan fingerprint density at radius 2 is 1.59 bits per heavy atom. The van der Waals surface area contributed by atoms with Crippen LogP contribution >= 0.6 is 0 Å². The van der Waals surface area contributed by atoms with Crippen molar-refractivity contribution in [2.24, 2.45) is 17.8 Å². The molecule has 7 heteroatoms. The summed E-state index contributed by atoms with van der Waals surface area (Å²) in [4.78, 5) is 9.11. The topological polar surface area (TPSA) is 58.0 Å². The second-order valence-corrected chi connectivity index (χ2v) is 9.82. The molecule has 0 spiro atoms. The number of benzene rings is 2. The molecule has 2 unspecified atom stereocenters. The largest absolute Gasteiger partial charge is 0.417 e. The van der Waals surface area contributed by atoms with E-state index in [0.717, 1.165) is 43.6 Å². The van der Waals surface area contributed by atoms with Crippen molar-refractivity contribution in [3.63, 3.8) is 0 Å². The van der Waals surface area contributed by atoms with Gasteiger partial charge in [-0.25, -0.2) is 9.97 Å². The second kappa shape index (κ2) is 6.91. The predicted molar refractivity (Wildman–Crippen MR) is 116 cm³/mol. The summed E-state index contributed by atoms with van der Waals surface area (Å²) >= 11 is 0. The number of rotatable bonds is 3. The van der Waals surface area contributed by atoms with Gasteiger partial charge in [0.05, 0.1) is 16.7 Å². The number of aromatic nitrogens is 2.